The van der Waals surface area contributed by atoms with E-state index in [1.54, 1.807) is 0 Å². The molecule has 1 N–H and O–H groups in total. The molecule has 0 aliphatic rings. The molecule has 0 spiro atoms. The zero-order valence-electron chi connectivity index (χ0n) is 10.5. The molecule has 89 valence electrons. The summed E-state index contributed by atoms with van der Waals surface area (Å²) >= 11 is 0. The van der Waals surface area contributed by atoms with E-state index in [4.69, 9.17) is 4.43 Å². The van der Waals surface area contributed by atoms with Crippen molar-refractivity contribution in [2.45, 2.75) is 39.5 Å². The average molecular weight is 236 g/mol. The van der Waals surface area contributed by atoms with Crippen molar-refractivity contribution >= 4 is 14.7 Å². The van der Waals surface area contributed by atoms with Gasteiger partial charge < -0.3 is 9.74 Å². The summed E-state index contributed by atoms with van der Waals surface area (Å²) in [5.41, 5.74) is 2.49. The molecule has 0 aromatic heterocycles. The van der Waals surface area contributed by atoms with Gasteiger partial charge in [0.2, 0.25) is 9.04 Å². The van der Waals surface area contributed by atoms with E-state index in [9.17, 15) is 0 Å². The molecule has 0 aliphatic heterocycles. The molecule has 0 unspecified atom stereocenters. The van der Waals surface area contributed by atoms with E-state index >= 15 is 0 Å². The normalized spacial score (nSPS) is 10.8. The van der Waals surface area contributed by atoms with E-state index in [0.717, 1.165) is 13.2 Å². The first-order valence-corrected chi connectivity index (χ1v) is 8.39. The Balaban J connectivity index is 2.53. The van der Waals surface area contributed by atoms with Gasteiger partial charge in [0.05, 0.1) is 6.61 Å². The predicted octanol–water partition coefficient (Wildman–Crippen LogP) is 3.67. The third kappa shape index (κ3) is 4.81. The van der Waals surface area contributed by atoms with Crippen LogP contribution in [0.4, 0.5) is 5.69 Å². The number of hydrogen-bond acceptors (Lipinski definition) is 2. The summed E-state index contributed by atoms with van der Waals surface area (Å²) in [4.78, 5) is 0. The first kappa shape index (κ1) is 13.3. The number of nitrogens with one attached hydrogen (secondary N) is 1. The lowest BCUT2D eigenvalue weighted by atomic mass is 10.2. The summed E-state index contributed by atoms with van der Waals surface area (Å²) in [5.74, 6) is 0. The fraction of sp³-hybridized carbons (Fsp3) is 0.538. The van der Waals surface area contributed by atoms with Gasteiger partial charge in [-0.25, -0.2) is 0 Å². The molecule has 1 aromatic rings. The molecule has 0 fully saturated rings. The minimum atomic E-state index is -0.601. The van der Waals surface area contributed by atoms with Crippen LogP contribution in [0.25, 0.3) is 0 Å². The highest BCUT2D eigenvalue weighted by atomic mass is 28.3. The molecule has 0 saturated carbocycles. The number of hydrogen-bond donors (Lipinski definition) is 1. The van der Waals surface area contributed by atoms with Gasteiger partial charge in [-0.3, -0.25) is 0 Å². The van der Waals surface area contributed by atoms with Crippen molar-refractivity contribution in [1.29, 1.82) is 0 Å². The lowest BCUT2D eigenvalue weighted by Crippen LogP contribution is -2.09. The van der Waals surface area contributed by atoms with Crippen molar-refractivity contribution in [2.24, 2.45) is 0 Å². The Morgan fingerprint density at radius 2 is 2.00 bits per heavy atom. The van der Waals surface area contributed by atoms with Gasteiger partial charge in [0.1, 0.15) is 0 Å². The standard InChI is InChI=1S/C13H22NOSi/c1-4-5-10-14-13-9-7-6-8-12(13)11-15-16(2)3/h6-9,14H,4-5,10-11H2,1-3H3. The van der Waals surface area contributed by atoms with Crippen molar-refractivity contribution in [3.8, 4) is 0 Å². The Morgan fingerprint density at radius 1 is 1.25 bits per heavy atom. The molecule has 1 rings (SSSR count). The highest BCUT2D eigenvalue weighted by Crippen LogP contribution is 2.16. The summed E-state index contributed by atoms with van der Waals surface area (Å²) in [5, 5.41) is 3.47. The van der Waals surface area contributed by atoms with Crippen LogP contribution < -0.4 is 5.32 Å². The highest BCUT2D eigenvalue weighted by Gasteiger charge is 2.03. The van der Waals surface area contributed by atoms with Gasteiger partial charge in [0.15, 0.2) is 0 Å². The number of benzene rings is 1. The lowest BCUT2D eigenvalue weighted by Gasteiger charge is -2.13. The van der Waals surface area contributed by atoms with Crippen molar-refractivity contribution in [3.63, 3.8) is 0 Å². The molecule has 1 aromatic carbocycles. The second-order valence-electron chi connectivity index (χ2n) is 4.13. The first-order valence-electron chi connectivity index (χ1n) is 5.98. The summed E-state index contributed by atoms with van der Waals surface area (Å²) in [6.07, 6.45) is 2.44. The van der Waals surface area contributed by atoms with Crippen LogP contribution in [0.2, 0.25) is 13.1 Å². The molecular formula is C13H22NOSi. The largest absolute Gasteiger partial charge is 0.413 e. The maximum absolute atomic E-state index is 5.74. The highest BCUT2D eigenvalue weighted by molar-refractivity contribution is 6.48. The molecule has 0 saturated heterocycles. The van der Waals surface area contributed by atoms with E-state index in [1.807, 2.05) is 0 Å². The minimum Gasteiger partial charge on any atom is -0.413 e. The topological polar surface area (TPSA) is 21.3 Å². The van der Waals surface area contributed by atoms with Gasteiger partial charge in [-0.15, -0.1) is 0 Å². The van der Waals surface area contributed by atoms with E-state index in [2.05, 4.69) is 49.6 Å². The second-order valence-corrected chi connectivity index (χ2v) is 6.24. The number of rotatable bonds is 7. The van der Waals surface area contributed by atoms with Gasteiger partial charge >= 0.3 is 0 Å². The SMILES string of the molecule is CCCCNc1ccccc1CO[Si](C)C. The van der Waals surface area contributed by atoms with Crippen LogP contribution in [0.15, 0.2) is 24.3 Å². The smallest absolute Gasteiger partial charge is 0.205 e. The van der Waals surface area contributed by atoms with E-state index in [0.29, 0.717) is 0 Å². The van der Waals surface area contributed by atoms with Gasteiger partial charge in [0, 0.05) is 12.2 Å². The molecule has 1 radical (unpaired) electrons. The lowest BCUT2D eigenvalue weighted by molar-refractivity contribution is 0.315. The molecule has 0 amide bonds. The fourth-order valence-corrected chi connectivity index (χ4v) is 1.88. The summed E-state index contributed by atoms with van der Waals surface area (Å²) in [7, 11) is -0.601. The fourth-order valence-electron chi connectivity index (χ4n) is 1.44. The maximum atomic E-state index is 5.74. The molecule has 3 heteroatoms. The summed E-state index contributed by atoms with van der Waals surface area (Å²) in [6.45, 7) is 8.31. The molecule has 0 aliphatic carbocycles. The van der Waals surface area contributed by atoms with Crippen LogP contribution in [0.3, 0.4) is 0 Å². The van der Waals surface area contributed by atoms with Crippen LogP contribution >= 0.6 is 0 Å². The summed E-state index contributed by atoms with van der Waals surface area (Å²) in [6, 6.07) is 8.41. The molecular weight excluding hydrogens is 214 g/mol. The molecule has 16 heavy (non-hydrogen) atoms. The van der Waals surface area contributed by atoms with Crippen molar-refractivity contribution in [3.05, 3.63) is 29.8 Å². The van der Waals surface area contributed by atoms with Crippen LogP contribution in [0.5, 0.6) is 0 Å². The Morgan fingerprint density at radius 3 is 2.69 bits per heavy atom. The van der Waals surface area contributed by atoms with E-state index in [1.165, 1.54) is 24.1 Å². The minimum absolute atomic E-state index is 0.601. The van der Waals surface area contributed by atoms with Crippen molar-refractivity contribution in [2.75, 3.05) is 11.9 Å². The monoisotopic (exact) mass is 236 g/mol. The number of unbranched alkanes of at least 4 members (excludes halogenated alkanes) is 1. The van der Waals surface area contributed by atoms with Crippen LogP contribution in [-0.4, -0.2) is 15.6 Å². The van der Waals surface area contributed by atoms with Gasteiger partial charge in [-0.1, -0.05) is 31.5 Å². The van der Waals surface area contributed by atoms with Gasteiger partial charge in [0.25, 0.3) is 0 Å². The quantitative estimate of drug-likeness (QED) is 0.576. The summed E-state index contributed by atoms with van der Waals surface area (Å²) < 4.78 is 5.74. The van der Waals surface area contributed by atoms with Gasteiger partial charge in [-0.2, -0.15) is 0 Å². The third-order valence-corrected chi connectivity index (χ3v) is 3.10. The Kier molecular flexibility index (Phi) is 6.19. The molecule has 0 atom stereocenters. The molecule has 2 nitrogen and oxygen atoms in total. The Labute approximate surface area is 101 Å². The van der Waals surface area contributed by atoms with E-state index < -0.39 is 9.04 Å². The van der Waals surface area contributed by atoms with Crippen molar-refractivity contribution in [1.82, 2.24) is 0 Å². The first-order chi connectivity index (χ1) is 7.74. The number of anilines is 1. The van der Waals surface area contributed by atoms with Gasteiger partial charge in [-0.05, 0) is 31.1 Å². The van der Waals surface area contributed by atoms with Crippen LogP contribution in [0.1, 0.15) is 25.3 Å². The van der Waals surface area contributed by atoms with E-state index in [-0.39, 0.29) is 0 Å². The molecule has 0 heterocycles. The predicted molar refractivity (Wildman–Crippen MR) is 72.1 cm³/mol. The van der Waals surface area contributed by atoms with Crippen LogP contribution in [-0.2, 0) is 11.0 Å². The third-order valence-electron chi connectivity index (χ3n) is 2.38. The average Bonchev–Trinajstić information content (AvgIpc) is 2.28. The second kappa shape index (κ2) is 7.47. The Bertz CT molecular complexity index is 302. The zero-order chi connectivity index (χ0) is 11.8. The Hall–Kier alpha value is -0.803. The number of para-hydroxylation sites is 1. The molecule has 0 bridgehead atoms. The van der Waals surface area contributed by atoms with Crippen LogP contribution in [0, 0.1) is 0 Å². The van der Waals surface area contributed by atoms with Crippen molar-refractivity contribution < 1.29 is 4.43 Å². The maximum Gasteiger partial charge on any atom is 0.205 e. The zero-order valence-corrected chi connectivity index (χ0v) is 11.5.